The van der Waals surface area contributed by atoms with Crippen molar-refractivity contribution < 1.29 is 34.2 Å². The van der Waals surface area contributed by atoms with Crippen LogP contribution in [0.2, 0.25) is 9.65 Å². The van der Waals surface area contributed by atoms with Gasteiger partial charge in [0.1, 0.15) is 0 Å². The van der Waals surface area contributed by atoms with Gasteiger partial charge in [-0.15, -0.1) is 0 Å². The summed E-state index contributed by atoms with van der Waals surface area (Å²) in [5, 5.41) is 0.0982. The van der Waals surface area contributed by atoms with Crippen molar-refractivity contribution in [3.63, 3.8) is 0 Å². The number of nitrogens with zero attached hydrogens (tertiary/aromatic N) is 3. The van der Waals surface area contributed by atoms with Gasteiger partial charge in [0.15, 0.2) is 0 Å². The van der Waals surface area contributed by atoms with E-state index in [0.29, 0.717) is 22.7 Å². The molecule has 0 saturated carbocycles. The van der Waals surface area contributed by atoms with Crippen molar-refractivity contribution in [2.75, 3.05) is 14.7 Å². The molecule has 0 radical (unpaired) electrons. The molecule has 0 atom stereocenters. The third-order valence-electron chi connectivity index (χ3n) is 8.33. The molecule has 3 nitrogen and oxygen atoms in total. The summed E-state index contributed by atoms with van der Waals surface area (Å²) in [4.78, 5) is 5.32. The molecule has 0 heterocycles. The molecule has 0 N–H and O–H groups in total. The van der Waals surface area contributed by atoms with Crippen LogP contribution >= 0.6 is 11.6 Å². The van der Waals surface area contributed by atoms with Crippen molar-refractivity contribution in [1.29, 1.82) is 0 Å². The molecule has 0 aliphatic carbocycles. The molecular weight excluding hydrogens is 840 g/mol. The van der Waals surface area contributed by atoms with Gasteiger partial charge in [0.25, 0.3) is 0 Å². The van der Waals surface area contributed by atoms with Gasteiger partial charge in [0, 0.05) is 0 Å². The molecule has 0 bridgehead atoms. The molecule has 0 aromatic heterocycles. The Hall–Kier alpha value is -4.89. The first kappa shape index (κ1) is 26.0. The van der Waals surface area contributed by atoms with E-state index in [0.717, 1.165) is 16.9 Å². The van der Waals surface area contributed by atoms with Gasteiger partial charge in [-0.2, -0.15) is 0 Å². The van der Waals surface area contributed by atoms with Crippen LogP contribution < -0.4 is 18.0 Å². The van der Waals surface area contributed by atoms with Crippen LogP contribution in [0.25, 0.3) is 0 Å². The molecule has 7 aromatic carbocycles. The Bertz CT molecular complexity index is 2590. The minimum atomic E-state index is -0.811. The van der Waals surface area contributed by atoms with Gasteiger partial charge >= 0.3 is 292 Å². The molecule has 0 amide bonds. The predicted octanol–water partition coefficient (Wildman–Crippen LogP) is 13.2. The van der Waals surface area contributed by atoms with E-state index in [9.17, 15) is 5.48 Å². The predicted molar refractivity (Wildman–Crippen MR) is 217 cm³/mol. The van der Waals surface area contributed by atoms with E-state index >= 15 is 0 Å². The number of hydrogen-bond donors (Lipinski definition) is 0. The maximum atomic E-state index is 9.33. The summed E-state index contributed by atoms with van der Waals surface area (Å²) in [6.07, 6.45) is 0. The molecular formula is C46H41AtClN3. The molecule has 0 aliphatic rings. The topological polar surface area (TPSA) is 9.72 Å². The summed E-state index contributed by atoms with van der Waals surface area (Å²) in [6, 6.07) is 36.7. The standard InChI is InChI=1S/C46H41AtClN3/c1-33-15-23-39(24-16-33)50(40-25-17-34(2)18-26-40)44-31-43(49(37-11-7-5-8-12-37)38-13-9-6-10-14-38)32-45(46(44)48)51(41-27-19-35(3)20-28-41)42-29-21-36(47-4)22-30-42/h5-32,47H,1-4H3/i15D,16D,19D,20D,23D,24D,27D,28D. The second kappa shape index (κ2) is 15.6. The molecule has 0 spiro atoms. The van der Waals surface area contributed by atoms with E-state index < -0.39 is 23.2 Å². The van der Waals surface area contributed by atoms with Crippen LogP contribution in [0, 0.1) is 44.0 Å². The summed E-state index contributed by atoms with van der Waals surface area (Å²) in [6.45, 7) is 5.08. The van der Waals surface area contributed by atoms with E-state index in [-0.39, 0.29) is 81.6 Å². The molecule has 51 heavy (non-hydrogen) atoms. The molecule has 7 aromatic rings. The number of anilines is 9. The molecule has 0 fully saturated rings. The van der Waals surface area contributed by atoms with Gasteiger partial charge < -0.3 is 0 Å². The van der Waals surface area contributed by atoms with Crippen LogP contribution in [0.4, 0.5) is 51.2 Å². The smallest absolute Gasteiger partial charge is 0.0510 e. The van der Waals surface area contributed by atoms with Gasteiger partial charge in [0.2, 0.25) is 0 Å². The zero-order valence-corrected chi connectivity index (χ0v) is 32.6. The zero-order valence-electron chi connectivity index (χ0n) is 36.7. The van der Waals surface area contributed by atoms with E-state index in [2.05, 4.69) is 4.63 Å². The zero-order chi connectivity index (χ0) is 42.3. The summed E-state index contributed by atoms with van der Waals surface area (Å²) in [5.74, 6) is 0. The van der Waals surface area contributed by atoms with E-state index in [1.165, 1.54) is 3.27 Å². The second-order valence-electron chi connectivity index (χ2n) is 12.0. The van der Waals surface area contributed by atoms with Crippen LogP contribution in [0.1, 0.15) is 27.7 Å². The Morgan fingerprint density at radius 3 is 1.24 bits per heavy atom. The quantitative estimate of drug-likeness (QED) is 0.135. The van der Waals surface area contributed by atoms with Crippen LogP contribution in [-0.4, -0.2) is 0 Å². The van der Waals surface area contributed by atoms with Crippen molar-refractivity contribution in [2.24, 2.45) is 0 Å². The van der Waals surface area contributed by atoms with Crippen molar-refractivity contribution in [2.45, 2.75) is 25.4 Å². The van der Waals surface area contributed by atoms with Crippen molar-refractivity contribution in [3.05, 3.63) is 191 Å². The first-order valence-electron chi connectivity index (χ1n) is 20.4. The van der Waals surface area contributed by atoms with E-state index in [1.54, 1.807) is 23.6 Å². The number of rotatable bonds is 10. The van der Waals surface area contributed by atoms with Crippen LogP contribution in [0.5, 0.6) is 0 Å². The van der Waals surface area contributed by atoms with Gasteiger partial charge in [-0.25, -0.2) is 0 Å². The second-order valence-corrected chi connectivity index (χ2v) is 15.8. The molecule has 0 aliphatic heterocycles. The van der Waals surface area contributed by atoms with Gasteiger partial charge in [-0.05, 0) is 13.8 Å². The minimum absolute atomic E-state index is 0.00742. The first-order chi connectivity index (χ1) is 28.2. The number of para-hydroxylation sites is 2. The van der Waals surface area contributed by atoms with Crippen molar-refractivity contribution in [1.82, 2.24) is 0 Å². The summed E-state index contributed by atoms with van der Waals surface area (Å²) >= 11 is 6.95. The molecule has 7 rings (SSSR count). The Morgan fingerprint density at radius 2 is 0.824 bits per heavy atom. The third-order valence-corrected chi connectivity index (χ3v) is 11.6. The summed E-state index contributed by atoms with van der Waals surface area (Å²) in [5.41, 5.74) is 5.16. The van der Waals surface area contributed by atoms with Crippen molar-refractivity contribution in [3.8, 4) is 0 Å². The van der Waals surface area contributed by atoms with Gasteiger partial charge in [0.05, 0.1) is 2.74 Å². The average Bonchev–Trinajstić information content (AvgIpc) is 3.26. The summed E-state index contributed by atoms with van der Waals surface area (Å²) < 4.78 is 76.3. The van der Waals surface area contributed by atoms with Crippen LogP contribution in [0.3, 0.4) is 0 Å². The van der Waals surface area contributed by atoms with Crippen molar-refractivity contribution >= 4 is 66.1 Å². The fraction of sp³-hybridized carbons (Fsp3) is 0.0870. The number of hydrogen-bond acceptors (Lipinski definition) is 3. The third kappa shape index (κ3) is 7.59. The Morgan fingerprint density at radius 1 is 0.431 bits per heavy atom. The number of aryl methyl sites for hydroxylation is 1. The normalized spacial score (nSPS) is 13.2. The van der Waals surface area contributed by atoms with Crippen LogP contribution in [-0.2, 0) is 0 Å². The maximum absolute atomic E-state index is 9.33. The Labute approximate surface area is 330 Å². The van der Waals surface area contributed by atoms with Gasteiger partial charge in [-0.3, -0.25) is 0 Å². The van der Waals surface area contributed by atoms with Gasteiger partial charge in [-0.1, -0.05) is 23.3 Å². The molecule has 254 valence electrons. The fourth-order valence-electron chi connectivity index (χ4n) is 5.80. The average molecular weight is 889 g/mol. The molecule has 5 heteroatoms. The Kier molecular flexibility index (Phi) is 7.92. The van der Waals surface area contributed by atoms with E-state index in [1.807, 2.05) is 133 Å². The Balaban J connectivity index is 1.68. The minimum Gasteiger partial charge on any atom is -0.0510 e. The number of benzene rings is 7. The van der Waals surface area contributed by atoms with Crippen LogP contribution in [0.15, 0.2) is 170 Å². The fourth-order valence-corrected chi connectivity index (χ4v) is 7.66. The van der Waals surface area contributed by atoms with E-state index in [4.69, 9.17) is 17.1 Å². The monoisotopic (exact) mass is 888 g/mol. The SMILES string of the molecule is [2H]c1c([2H])c(N(c2ccc(C)cc2)c2cc(N(c3ccccc3)c3ccccc3)cc(N(c3ccc([AtH]C)cc3)c3c([2H])c([2H])c(C)c([2H])c3[2H])c2Cl)c([2H])c([2H])c1C. The summed E-state index contributed by atoms with van der Waals surface area (Å²) in [7, 11) is 0. The molecule has 0 saturated heterocycles. The number of halogens is 1. The molecule has 0 unspecified atom stereocenters. The first-order valence-corrected chi connectivity index (χ1v) is 21.6.